The summed E-state index contributed by atoms with van der Waals surface area (Å²) in [4.78, 5) is 4.45. The van der Waals surface area contributed by atoms with Crippen LogP contribution in [0.4, 0.5) is 23.1 Å². The summed E-state index contributed by atoms with van der Waals surface area (Å²) in [5.41, 5.74) is 5.32. The van der Waals surface area contributed by atoms with Crippen molar-refractivity contribution < 1.29 is 0 Å². The molecule has 24 heavy (non-hydrogen) atoms. The van der Waals surface area contributed by atoms with Crippen molar-refractivity contribution in [2.45, 2.75) is 20.8 Å². The summed E-state index contributed by atoms with van der Waals surface area (Å²) in [5, 5.41) is 15.0. The number of aromatic nitrogens is 3. The standard InChI is InChI=1S/C18H18ClN5/c1-11-8-12(2)17(13(3)9-11)22-16-10-20-24-18(23-16)21-15-7-5-4-6-14(15)19/h4-10H,1-3H3,(H2,21,22,23,24). The van der Waals surface area contributed by atoms with Gasteiger partial charge in [0, 0.05) is 5.69 Å². The second-order valence-electron chi connectivity index (χ2n) is 5.67. The van der Waals surface area contributed by atoms with Gasteiger partial charge in [0.25, 0.3) is 0 Å². The lowest BCUT2D eigenvalue weighted by molar-refractivity contribution is 0.982. The topological polar surface area (TPSA) is 62.7 Å². The zero-order valence-electron chi connectivity index (χ0n) is 13.8. The van der Waals surface area contributed by atoms with Gasteiger partial charge in [-0.25, -0.2) is 0 Å². The summed E-state index contributed by atoms with van der Waals surface area (Å²) < 4.78 is 0. The number of aryl methyl sites for hydroxylation is 3. The van der Waals surface area contributed by atoms with E-state index < -0.39 is 0 Å². The van der Waals surface area contributed by atoms with Gasteiger partial charge in [-0.3, -0.25) is 0 Å². The highest BCUT2D eigenvalue weighted by Crippen LogP contribution is 2.26. The Kier molecular flexibility index (Phi) is 4.62. The van der Waals surface area contributed by atoms with Gasteiger partial charge in [0.15, 0.2) is 5.82 Å². The maximum absolute atomic E-state index is 6.15. The Bertz CT molecular complexity index is 856. The number of hydrogen-bond donors (Lipinski definition) is 2. The molecule has 3 aromatic rings. The first-order valence-electron chi connectivity index (χ1n) is 7.59. The smallest absolute Gasteiger partial charge is 0.249 e. The SMILES string of the molecule is Cc1cc(C)c(Nc2cnnc(Nc3ccccc3Cl)n2)c(C)c1. The van der Waals surface area contributed by atoms with Crippen LogP contribution in [0.1, 0.15) is 16.7 Å². The molecule has 0 saturated carbocycles. The Morgan fingerprint density at radius 2 is 1.67 bits per heavy atom. The van der Waals surface area contributed by atoms with E-state index in [1.807, 2.05) is 18.2 Å². The third kappa shape index (κ3) is 3.63. The van der Waals surface area contributed by atoms with Gasteiger partial charge in [0.2, 0.25) is 5.95 Å². The van der Waals surface area contributed by atoms with Gasteiger partial charge in [-0.05, 0) is 44.0 Å². The van der Waals surface area contributed by atoms with Crippen molar-refractivity contribution in [3.8, 4) is 0 Å². The number of rotatable bonds is 4. The number of benzene rings is 2. The van der Waals surface area contributed by atoms with Crippen LogP contribution >= 0.6 is 11.6 Å². The van der Waals surface area contributed by atoms with Gasteiger partial charge in [0.1, 0.15) is 0 Å². The van der Waals surface area contributed by atoms with Crippen LogP contribution in [0.2, 0.25) is 5.02 Å². The van der Waals surface area contributed by atoms with Crippen molar-refractivity contribution in [1.82, 2.24) is 15.2 Å². The van der Waals surface area contributed by atoms with Crippen molar-refractivity contribution >= 4 is 34.7 Å². The van der Waals surface area contributed by atoms with E-state index in [-0.39, 0.29) is 0 Å². The lowest BCUT2D eigenvalue weighted by Crippen LogP contribution is -2.04. The molecule has 0 unspecified atom stereocenters. The Hall–Kier alpha value is -2.66. The summed E-state index contributed by atoms with van der Waals surface area (Å²) in [5.74, 6) is 1.00. The molecule has 1 aromatic heterocycles. The van der Waals surface area contributed by atoms with Crippen molar-refractivity contribution in [2.24, 2.45) is 0 Å². The zero-order valence-corrected chi connectivity index (χ0v) is 14.5. The summed E-state index contributed by atoms with van der Waals surface area (Å²) in [6, 6.07) is 11.7. The van der Waals surface area contributed by atoms with E-state index in [2.05, 4.69) is 58.7 Å². The molecule has 0 amide bonds. The van der Waals surface area contributed by atoms with Crippen LogP contribution < -0.4 is 10.6 Å². The largest absolute Gasteiger partial charge is 0.338 e. The molecule has 1 heterocycles. The molecular formula is C18H18ClN5. The molecule has 0 radical (unpaired) electrons. The third-order valence-electron chi connectivity index (χ3n) is 3.61. The van der Waals surface area contributed by atoms with Crippen molar-refractivity contribution in [2.75, 3.05) is 10.6 Å². The second kappa shape index (κ2) is 6.84. The quantitative estimate of drug-likeness (QED) is 0.705. The van der Waals surface area contributed by atoms with Crippen LogP contribution in [0.3, 0.4) is 0 Å². The highest BCUT2D eigenvalue weighted by atomic mass is 35.5. The fourth-order valence-corrected chi connectivity index (χ4v) is 2.79. The normalized spacial score (nSPS) is 10.5. The Labute approximate surface area is 146 Å². The van der Waals surface area contributed by atoms with Crippen LogP contribution in [-0.2, 0) is 0 Å². The lowest BCUT2D eigenvalue weighted by atomic mass is 10.1. The van der Waals surface area contributed by atoms with E-state index in [9.17, 15) is 0 Å². The molecule has 0 spiro atoms. The van der Waals surface area contributed by atoms with Gasteiger partial charge in [-0.1, -0.05) is 41.4 Å². The molecular weight excluding hydrogens is 322 g/mol. The average molecular weight is 340 g/mol. The summed E-state index contributed by atoms with van der Waals surface area (Å²) in [7, 11) is 0. The number of halogens is 1. The highest BCUT2D eigenvalue weighted by molar-refractivity contribution is 6.33. The van der Waals surface area contributed by atoms with E-state index in [1.165, 1.54) is 5.56 Å². The monoisotopic (exact) mass is 339 g/mol. The zero-order chi connectivity index (χ0) is 17.1. The predicted molar refractivity (Wildman–Crippen MR) is 98.5 cm³/mol. The van der Waals surface area contributed by atoms with Crippen molar-refractivity contribution in [3.05, 3.63) is 64.3 Å². The molecule has 5 nitrogen and oxygen atoms in total. The number of nitrogens with one attached hydrogen (secondary N) is 2. The van der Waals surface area contributed by atoms with E-state index in [1.54, 1.807) is 12.3 Å². The molecule has 6 heteroatoms. The first kappa shape index (κ1) is 16.2. The molecule has 0 aliphatic carbocycles. The maximum atomic E-state index is 6.15. The van der Waals surface area contributed by atoms with E-state index >= 15 is 0 Å². The van der Waals surface area contributed by atoms with Gasteiger partial charge in [-0.15, -0.1) is 5.10 Å². The molecule has 0 aliphatic rings. The molecule has 0 fully saturated rings. The minimum Gasteiger partial charge on any atom is -0.338 e. The third-order valence-corrected chi connectivity index (χ3v) is 3.94. The molecule has 0 atom stereocenters. The molecule has 0 aliphatic heterocycles. The number of para-hydroxylation sites is 1. The van der Waals surface area contributed by atoms with Crippen molar-refractivity contribution in [3.63, 3.8) is 0 Å². The first-order chi connectivity index (χ1) is 11.5. The van der Waals surface area contributed by atoms with Crippen LogP contribution in [0.25, 0.3) is 0 Å². The van der Waals surface area contributed by atoms with E-state index in [4.69, 9.17) is 11.6 Å². The van der Waals surface area contributed by atoms with Crippen LogP contribution in [0.15, 0.2) is 42.6 Å². The van der Waals surface area contributed by atoms with Gasteiger partial charge < -0.3 is 10.6 Å². The van der Waals surface area contributed by atoms with Gasteiger partial charge in [-0.2, -0.15) is 10.1 Å². The Morgan fingerprint density at radius 3 is 2.38 bits per heavy atom. The molecule has 2 aromatic carbocycles. The highest BCUT2D eigenvalue weighted by Gasteiger charge is 2.08. The minimum atomic E-state index is 0.385. The summed E-state index contributed by atoms with van der Waals surface area (Å²) >= 11 is 6.15. The predicted octanol–water partition coefficient (Wildman–Crippen LogP) is 4.94. The van der Waals surface area contributed by atoms with Crippen LogP contribution in [-0.4, -0.2) is 15.2 Å². The van der Waals surface area contributed by atoms with Crippen LogP contribution in [0.5, 0.6) is 0 Å². The summed E-state index contributed by atoms with van der Waals surface area (Å²) in [6.45, 7) is 6.22. The summed E-state index contributed by atoms with van der Waals surface area (Å²) in [6.07, 6.45) is 1.59. The fourth-order valence-electron chi connectivity index (χ4n) is 2.61. The Morgan fingerprint density at radius 1 is 0.958 bits per heavy atom. The van der Waals surface area contributed by atoms with Crippen LogP contribution in [0, 0.1) is 20.8 Å². The number of nitrogens with zero attached hydrogens (tertiary/aromatic N) is 3. The molecule has 0 saturated heterocycles. The van der Waals surface area contributed by atoms with Gasteiger partial charge >= 0.3 is 0 Å². The van der Waals surface area contributed by atoms with E-state index in [0.29, 0.717) is 16.8 Å². The van der Waals surface area contributed by atoms with E-state index in [0.717, 1.165) is 22.5 Å². The molecule has 0 bridgehead atoms. The average Bonchev–Trinajstić information content (AvgIpc) is 2.53. The maximum Gasteiger partial charge on any atom is 0.249 e. The fraction of sp³-hybridized carbons (Fsp3) is 0.167. The lowest BCUT2D eigenvalue weighted by Gasteiger charge is -2.13. The minimum absolute atomic E-state index is 0.385. The molecule has 3 rings (SSSR count). The van der Waals surface area contributed by atoms with Gasteiger partial charge in [0.05, 0.1) is 16.9 Å². The molecule has 122 valence electrons. The number of anilines is 4. The second-order valence-corrected chi connectivity index (χ2v) is 6.08. The first-order valence-corrected chi connectivity index (χ1v) is 7.97. The Balaban J connectivity index is 1.85. The number of hydrogen-bond acceptors (Lipinski definition) is 5. The van der Waals surface area contributed by atoms with Crippen molar-refractivity contribution in [1.29, 1.82) is 0 Å². The molecule has 2 N–H and O–H groups in total.